The van der Waals surface area contributed by atoms with E-state index in [4.69, 9.17) is 5.11 Å². The number of thiazole rings is 1. The van der Waals surface area contributed by atoms with Crippen LogP contribution >= 0.6 is 11.3 Å². The molecular weight excluding hydrogens is 248 g/mol. The minimum atomic E-state index is -0.907. The number of hydrogen-bond donors (Lipinski definition) is 2. The summed E-state index contributed by atoms with van der Waals surface area (Å²) >= 11 is 1.67. The third kappa shape index (κ3) is 2.87. The third-order valence-electron chi connectivity index (χ3n) is 2.58. The van der Waals surface area contributed by atoms with Crippen LogP contribution in [-0.4, -0.2) is 16.1 Å². The molecule has 1 aromatic carbocycles. The molecule has 0 radical (unpaired) electrons. The zero-order valence-electron chi connectivity index (χ0n) is 10.2. The van der Waals surface area contributed by atoms with Crippen LogP contribution in [0.15, 0.2) is 24.3 Å². The van der Waals surface area contributed by atoms with Crippen molar-refractivity contribution in [1.29, 1.82) is 0 Å². The van der Waals surface area contributed by atoms with E-state index in [9.17, 15) is 4.79 Å². The maximum atomic E-state index is 10.7. The van der Waals surface area contributed by atoms with Crippen molar-refractivity contribution in [2.24, 2.45) is 0 Å². The van der Waals surface area contributed by atoms with Crippen molar-refractivity contribution in [3.63, 3.8) is 0 Å². The summed E-state index contributed by atoms with van der Waals surface area (Å²) in [4.78, 5) is 16.3. The summed E-state index contributed by atoms with van der Waals surface area (Å²) in [5, 5.41) is 13.1. The Balaban J connectivity index is 2.02. The van der Waals surface area contributed by atoms with Crippen LogP contribution in [0.3, 0.4) is 0 Å². The average molecular weight is 262 g/mol. The minimum absolute atomic E-state index is 0.297. The van der Waals surface area contributed by atoms with Crippen LogP contribution < -0.4 is 5.32 Å². The number of rotatable bonds is 4. The first-order valence-electron chi connectivity index (χ1n) is 5.56. The standard InChI is InChI=1S/C13H14N2O2S/c1-8-12(18-9(2)15-8)7-14-11-5-3-10(4-6-11)13(16)17/h3-6,14H,7H2,1-2H3,(H,16,17). The van der Waals surface area contributed by atoms with Crippen molar-refractivity contribution < 1.29 is 9.90 Å². The van der Waals surface area contributed by atoms with E-state index in [0.29, 0.717) is 12.1 Å². The topological polar surface area (TPSA) is 62.2 Å². The first kappa shape index (κ1) is 12.6. The Bertz CT molecular complexity index is 561. The number of benzene rings is 1. The summed E-state index contributed by atoms with van der Waals surface area (Å²) in [6.45, 7) is 4.70. The van der Waals surface area contributed by atoms with E-state index in [-0.39, 0.29) is 0 Å². The first-order valence-corrected chi connectivity index (χ1v) is 6.38. The second-order valence-corrected chi connectivity index (χ2v) is 5.27. The first-order chi connectivity index (χ1) is 8.56. The molecule has 0 amide bonds. The fraction of sp³-hybridized carbons (Fsp3) is 0.231. The molecule has 0 atom stereocenters. The van der Waals surface area contributed by atoms with Gasteiger partial charge in [-0.1, -0.05) is 0 Å². The van der Waals surface area contributed by atoms with E-state index in [1.807, 2.05) is 13.8 Å². The lowest BCUT2D eigenvalue weighted by Gasteiger charge is -2.05. The Kier molecular flexibility index (Phi) is 3.62. The quantitative estimate of drug-likeness (QED) is 0.889. The molecule has 4 nitrogen and oxygen atoms in total. The molecule has 1 aromatic heterocycles. The molecule has 0 saturated carbocycles. The summed E-state index contributed by atoms with van der Waals surface area (Å²) in [6.07, 6.45) is 0. The number of nitrogens with zero attached hydrogens (tertiary/aromatic N) is 1. The van der Waals surface area contributed by atoms with E-state index < -0.39 is 5.97 Å². The van der Waals surface area contributed by atoms with Gasteiger partial charge in [0, 0.05) is 10.6 Å². The van der Waals surface area contributed by atoms with Crippen LogP contribution in [0.1, 0.15) is 25.9 Å². The van der Waals surface area contributed by atoms with Gasteiger partial charge in [0.1, 0.15) is 0 Å². The Morgan fingerprint density at radius 3 is 2.50 bits per heavy atom. The summed E-state index contributed by atoms with van der Waals surface area (Å²) in [5.41, 5.74) is 2.25. The van der Waals surface area contributed by atoms with Gasteiger partial charge in [0.25, 0.3) is 0 Å². The largest absolute Gasteiger partial charge is 0.478 e. The van der Waals surface area contributed by atoms with Crippen LogP contribution in [0.25, 0.3) is 0 Å². The summed E-state index contributed by atoms with van der Waals surface area (Å²) in [5.74, 6) is -0.907. The van der Waals surface area contributed by atoms with Crippen molar-refractivity contribution in [3.05, 3.63) is 45.4 Å². The van der Waals surface area contributed by atoms with E-state index in [1.165, 1.54) is 4.88 Å². The normalized spacial score (nSPS) is 10.3. The van der Waals surface area contributed by atoms with Gasteiger partial charge in [0.05, 0.1) is 22.8 Å². The third-order valence-corrected chi connectivity index (χ3v) is 3.66. The van der Waals surface area contributed by atoms with E-state index in [1.54, 1.807) is 35.6 Å². The Labute approximate surface area is 109 Å². The van der Waals surface area contributed by atoms with Gasteiger partial charge in [-0.05, 0) is 38.1 Å². The van der Waals surface area contributed by atoms with Gasteiger partial charge < -0.3 is 10.4 Å². The zero-order valence-corrected chi connectivity index (χ0v) is 11.0. The van der Waals surface area contributed by atoms with Crippen molar-refractivity contribution in [3.8, 4) is 0 Å². The van der Waals surface area contributed by atoms with Crippen molar-refractivity contribution in [2.45, 2.75) is 20.4 Å². The van der Waals surface area contributed by atoms with Gasteiger partial charge in [-0.2, -0.15) is 0 Å². The number of anilines is 1. The number of carbonyl (C=O) groups is 1. The molecule has 0 fully saturated rings. The lowest BCUT2D eigenvalue weighted by Crippen LogP contribution is -2.00. The van der Waals surface area contributed by atoms with Crippen LogP contribution in [0.4, 0.5) is 5.69 Å². The van der Waals surface area contributed by atoms with Crippen LogP contribution in [-0.2, 0) is 6.54 Å². The van der Waals surface area contributed by atoms with Crippen molar-refractivity contribution in [2.75, 3.05) is 5.32 Å². The highest BCUT2D eigenvalue weighted by atomic mass is 32.1. The SMILES string of the molecule is Cc1nc(C)c(CNc2ccc(C(=O)O)cc2)s1. The molecule has 18 heavy (non-hydrogen) atoms. The Morgan fingerprint density at radius 1 is 1.33 bits per heavy atom. The minimum Gasteiger partial charge on any atom is -0.478 e. The summed E-state index contributed by atoms with van der Waals surface area (Å²) in [7, 11) is 0. The molecule has 0 unspecified atom stereocenters. The maximum Gasteiger partial charge on any atom is 0.335 e. The zero-order chi connectivity index (χ0) is 13.1. The molecule has 0 aliphatic rings. The Morgan fingerprint density at radius 2 is 2.00 bits per heavy atom. The fourth-order valence-electron chi connectivity index (χ4n) is 1.65. The van der Waals surface area contributed by atoms with Gasteiger partial charge >= 0.3 is 5.97 Å². The van der Waals surface area contributed by atoms with Crippen LogP contribution in [0.2, 0.25) is 0 Å². The van der Waals surface area contributed by atoms with Crippen molar-refractivity contribution in [1.82, 2.24) is 4.98 Å². The van der Waals surface area contributed by atoms with Crippen LogP contribution in [0.5, 0.6) is 0 Å². The highest BCUT2D eigenvalue weighted by Gasteiger charge is 2.05. The second kappa shape index (κ2) is 5.18. The second-order valence-electron chi connectivity index (χ2n) is 3.98. The number of aryl methyl sites for hydroxylation is 2. The molecule has 5 heteroatoms. The lowest BCUT2D eigenvalue weighted by atomic mass is 10.2. The molecule has 0 aliphatic heterocycles. The van der Waals surface area contributed by atoms with Gasteiger partial charge in [-0.25, -0.2) is 9.78 Å². The van der Waals surface area contributed by atoms with E-state index in [0.717, 1.165) is 16.4 Å². The molecular formula is C13H14N2O2S. The molecule has 0 bridgehead atoms. The Hall–Kier alpha value is -1.88. The van der Waals surface area contributed by atoms with Gasteiger partial charge in [0.2, 0.25) is 0 Å². The molecule has 94 valence electrons. The van der Waals surface area contributed by atoms with Crippen LogP contribution in [0, 0.1) is 13.8 Å². The number of nitrogens with one attached hydrogen (secondary N) is 1. The molecule has 2 N–H and O–H groups in total. The lowest BCUT2D eigenvalue weighted by molar-refractivity contribution is 0.0697. The van der Waals surface area contributed by atoms with E-state index >= 15 is 0 Å². The molecule has 0 saturated heterocycles. The van der Waals surface area contributed by atoms with Gasteiger partial charge in [-0.3, -0.25) is 0 Å². The molecule has 2 aromatic rings. The van der Waals surface area contributed by atoms with Gasteiger partial charge in [-0.15, -0.1) is 11.3 Å². The monoisotopic (exact) mass is 262 g/mol. The summed E-state index contributed by atoms with van der Waals surface area (Å²) < 4.78 is 0. The number of carboxylic acid groups (broad SMARTS) is 1. The highest BCUT2D eigenvalue weighted by molar-refractivity contribution is 7.11. The number of aromatic nitrogens is 1. The molecule has 1 heterocycles. The van der Waals surface area contributed by atoms with E-state index in [2.05, 4.69) is 10.3 Å². The van der Waals surface area contributed by atoms with Crippen molar-refractivity contribution >= 4 is 23.0 Å². The van der Waals surface area contributed by atoms with Gasteiger partial charge in [0.15, 0.2) is 0 Å². The fourth-order valence-corrected chi connectivity index (χ4v) is 2.53. The predicted octanol–water partition coefficient (Wildman–Crippen LogP) is 3.07. The number of hydrogen-bond acceptors (Lipinski definition) is 4. The number of aromatic carboxylic acids is 1. The highest BCUT2D eigenvalue weighted by Crippen LogP contribution is 2.19. The summed E-state index contributed by atoms with van der Waals surface area (Å²) in [6, 6.07) is 6.73. The maximum absolute atomic E-state index is 10.7. The predicted molar refractivity (Wildman–Crippen MR) is 72.3 cm³/mol. The number of carboxylic acids is 1. The molecule has 0 aliphatic carbocycles. The molecule has 2 rings (SSSR count). The average Bonchev–Trinajstić information content (AvgIpc) is 2.66. The smallest absolute Gasteiger partial charge is 0.335 e. The molecule has 0 spiro atoms.